The van der Waals surface area contributed by atoms with E-state index in [2.05, 4.69) is 35.2 Å². The van der Waals surface area contributed by atoms with Gasteiger partial charge in [0, 0.05) is 38.3 Å². The van der Waals surface area contributed by atoms with Crippen molar-refractivity contribution in [2.45, 2.75) is 25.2 Å². The van der Waals surface area contributed by atoms with E-state index in [0.717, 1.165) is 37.7 Å². The molecule has 0 bridgehead atoms. The first-order valence-electron chi connectivity index (χ1n) is 10.5. The fourth-order valence-electron chi connectivity index (χ4n) is 4.31. The molecule has 29 heavy (non-hydrogen) atoms. The Kier molecular flexibility index (Phi) is 5.93. The summed E-state index contributed by atoms with van der Waals surface area (Å²) in [4.78, 5) is 17.5. The number of rotatable bonds is 7. The minimum Gasteiger partial charge on any atom is -0.493 e. The molecule has 1 aliphatic heterocycles. The van der Waals surface area contributed by atoms with E-state index in [-0.39, 0.29) is 11.8 Å². The van der Waals surface area contributed by atoms with Gasteiger partial charge in [0.15, 0.2) is 11.5 Å². The van der Waals surface area contributed by atoms with Gasteiger partial charge in [-0.15, -0.1) is 0 Å². The molecule has 2 aliphatic rings. The average Bonchev–Trinajstić information content (AvgIpc) is 3.63. The molecule has 1 unspecified atom stereocenters. The first-order valence-corrected chi connectivity index (χ1v) is 10.5. The number of amides is 1. The van der Waals surface area contributed by atoms with Crippen molar-refractivity contribution in [3.63, 3.8) is 0 Å². The molecule has 1 saturated carbocycles. The van der Waals surface area contributed by atoms with Gasteiger partial charge in [-0.3, -0.25) is 4.79 Å². The van der Waals surface area contributed by atoms with Crippen LogP contribution in [0.2, 0.25) is 0 Å². The lowest BCUT2D eigenvalue weighted by molar-refractivity contribution is -0.132. The van der Waals surface area contributed by atoms with Crippen molar-refractivity contribution in [2.24, 2.45) is 5.92 Å². The van der Waals surface area contributed by atoms with Gasteiger partial charge in [-0.25, -0.2) is 0 Å². The normalized spacial score (nSPS) is 17.7. The van der Waals surface area contributed by atoms with Gasteiger partial charge >= 0.3 is 0 Å². The zero-order valence-corrected chi connectivity index (χ0v) is 17.3. The van der Waals surface area contributed by atoms with Gasteiger partial charge in [0.1, 0.15) is 0 Å². The highest BCUT2D eigenvalue weighted by Gasteiger charge is 2.35. The number of benzene rings is 2. The largest absolute Gasteiger partial charge is 0.493 e. The van der Waals surface area contributed by atoms with Crippen LogP contribution in [0.3, 0.4) is 0 Å². The molecule has 5 heteroatoms. The zero-order valence-electron chi connectivity index (χ0n) is 17.3. The second kappa shape index (κ2) is 8.76. The average molecular weight is 395 g/mol. The van der Waals surface area contributed by atoms with Crippen molar-refractivity contribution in [1.82, 2.24) is 4.90 Å². The number of anilines is 1. The van der Waals surface area contributed by atoms with E-state index in [0.29, 0.717) is 12.3 Å². The number of para-hydroxylation sites is 1. The number of hydrogen-bond donors (Lipinski definition) is 0. The first-order chi connectivity index (χ1) is 14.2. The summed E-state index contributed by atoms with van der Waals surface area (Å²) in [7, 11) is 3.31. The van der Waals surface area contributed by atoms with Crippen LogP contribution in [0.4, 0.5) is 5.69 Å². The highest BCUT2D eigenvalue weighted by molar-refractivity contribution is 5.77. The van der Waals surface area contributed by atoms with Gasteiger partial charge in [0.25, 0.3) is 0 Å². The number of nitrogens with zero attached hydrogens (tertiary/aromatic N) is 2. The minimum atomic E-state index is 0.259. The Morgan fingerprint density at radius 3 is 2.28 bits per heavy atom. The van der Waals surface area contributed by atoms with Crippen LogP contribution in [0.15, 0.2) is 48.5 Å². The Morgan fingerprint density at radius 1 is 0.966 bits per heavy atom. The van der Waals surface area contributed by atoms with E-state index in [9.17, 15) is 4.79 Å². The van der Waals surface area contributed by atoms with Crippen LogP contribution in [0.25, 0.3) is 0 Å². The van der Waals surface area contributed by atoms with E-state index in [1.807, 2.05) is 23.1 Å². The fraction of sp³-hybridized carbons (Fsp3) is 0.458. The first kappa shape index (κ1) is 19.6. The van der Waals surface area contributed by atoms with E-state index >= 15 is 0 Å². The van der Waals surface area contributed by atoms with Crippen molar-refractivity contribution in [2.75, 3.05) is 45.3 Å². The number of carbonyl (C=O) groups excluding carboxylic acids is 1. The molecule has 0 aromatic heterocycles. The lowest BCUT2D eigenvalue weighted by Gasteiger charge is -2.36. The van der Waals surface area contributed by atoms with Crippen LogP contribution in [0.1, 0.15) is 30.7 Å². The molecule has 1 aliphatic carbocycles. The summed E-state index contributed by atoms with van der Waals surface area (Å²) in [6.07, 6.45) is 2.98. The Hall–Kier alpha value is -2.69. The summed E-state index contributed by atoms with van der Waals surface area (Å²) in [5.74, 6) is 2.59. The summed E-state index contributed by atoms with van der Waals surface area (Å²) in [6.45, 7) is 3.36. The van der Waals surface area contributed by atoms with Crippen LogP contribution < -0.4 is 14.4 Å². The Balaban J connectivity index is 1.40. The lowest BCUT2D eigenvalue weighted by Crippen LogP contribution is -2.49. The van der Waals surface area contributed by atoms with Crippen LogP contribution in [-0.4, -0.2) is 51.2 Å². The summed E-state index contributed by atoms with van der Waals surface area (Å²) in [6, 6.07) is 16.5. The summed E-state index contributed by atoms with van der Waals surface area (Å²) >= 11 is 0. The number of carbonyl (C=O) groups is 1. The monoisotopic (exact) mass is 394 g/mol. The van der Waals surface area contributed by atoms with E-state index in [1.165, 1.54) is 24.1 Å². The van der Waals surface area contributed by atoms with Crippen molar-refractivity contribution in [3.05, 3.63) is 54.1 Å². The van der Waals surface area contributed by atoms with Crippen LogP contribution in [0.5, 0.6) is 11.5 Å². The Bertz CT molecular complexity index is 827. The van der Waals surface area contributed by atoms with Gasteiger partial charge in [-0.2, -0.15) is 0 Å². The van der Waals surface area contributed by atoms with Crippen LogP contribution in [-0.2, 0) is 4.79 Å². The maximum atomic E-state index is 13.1. The number of piperazine rings is 1. The molecule has 4 rings (SSSR count). The molecule has 1 saturated heterocycles. The van der Waals surface area contributed by atoms with Crippen molar-refractivity contribution in [3.8, 4) is 11.5 Å². The summed E-state index contributed by atoms with van der Waals surface area (Å²) < 4.78 is 10.8. The smallest absolute Gasteiger partial charge is 0.223 e. The predicted molar refractivity (Wildman–Crippen MR) is 115 cm³/mol. The number of ether oxygens (including phenoxy) is 2. The molecule has 2 aromatic rings. The molecule has 5 nitrogen and oxygen atoms in total. The highest BCUT2D eigenvalue weighted by Crippen LogP contribution is 2.46. The lowest BCUT2D eigenvalue weighted by atomic mass is 9.90. The third-order valence-electron chi connectivity index (χ3n) is 6.18. The van der Waals surface area contributed by atoms with Crippen molar-refractivity contribution < 1.29 is 14.3 Å². The number of methoxy groups -OCH3 is 2. The predicted octanol–water partition coefficient (Wildman–Crippen LogP) is 3.94. The van der Waals surface area contributed by atoms with Gasteiger partial charge in [0.2, 0.25) is 5.91 Å². The van der Waals surface area contributed by atoms with Gasteiger partial charge < -0.3 is 19.3 Å². The minimum absolute atomic E-state index is 0.259. The second-order valence-electron chi connectivity index (χ2n) is 7.97. The SMILES string of the molecule is COc1ccc(C(CC(=O)N2CCN(c3ccccc3)CC2)C2CC2)cc1OC. The van der Waals surface area contributed by atoms with Gasteiger partial charge in [-0.1, -0.05) is 24.3 Å². The van der Waals surface area contributed by atoms with E-state index < -0.39 is 0 Å². The molecular formula is C24H30N2O3. The van der Waals surface area contributed by atoms with Crippen LogP contribution in [0, 0.1) is 5.92 Å². The van der Waals surface area contributed by atoms with Crippen molar-refractivity contribution in [1.29, 1.82) is 0 Å². The van der Waals surface area contributed by atoms with Gasteiger partial charge in [0.05, 0.1) is 14.2 Å². The summed E-state index contributed by atoms with van der Waals surface area (Å²) in [5.41, 5.74) is 2.42. The summed E-state index contributed by atoms with van der Waals surface area (Å²) in [5, 5.41) is 0. The zero-order chi connectivity index (χ0) is 20.2. The molecule has 1 atom stereocenters. The fourth-order valence-corrected chi connectivity index (χ4v) is 4.31. The molecule has 1 amide bonds. The maximum absolute atomic E-state index is 13.1. The third kappa shape index (κ3) is 4.50. The quantitative estimate of drug-likeness (QED) is 0.713. The Labute approximate surface area is 173 Å². The second-order valence-corrected chi connectivity index (χ2v) is 7.97. The van der Waals surface area contributed by atoms with Crippen molar-refractivity contribution >= 4 is 11.6 Å². The van der Waals surface area contributed by atoms with E-state index in [1.54, 1.807) is 14.2 Å². The molecule has 1 heterocycles. The maximum Gasteiger partial charge on any atom is 0.223 e. The molecule has 0 radical (unpaired) electrons. The molecule has 0 spiro atoms. The third-order valence-corrected chi connectivity index (χ3v) is 6.18. The molecule has 2 aromatic carbocycles. The molecule has 0 N–H and O–H groups in total. The Morgan fingerprint density at radius 2 is 1.66 bits per heavy atom. The standard InChI is InChI=1S/C24H30N2O3/c1-28-22-11-10-19(16-23(22)29-2)21(18-8-9-18)17-24(27)26-14-12-25(13-15-26)20-6-4-3-5-7-20/h3-7,10-11,16,18,21H,8-9,12-15,17H2,1-2H3. The molecule has 154 valence electrons. The highest BCUT2D eigenvalue weighted by atomic mass is 16.5. The van der Waals surface area contributed by atoms with Gasteiger partial charge in [-0.05, 0) is 54.5 Å². The topological polar surface area (TPSA) is 42.0 Å². The number of hydrogen-bond acceptors (Lipinski definition) is 4. The van der Waals surface area contributed by atoms with E-state index in [4.69, 9.17) is 9.47 Å². The molecular weight excluding hydrogens is 364 g/mol. The van der Waals surface area contributed by atoms with Crippen LogP contribution >= 0.6 is 0 Å². The molecule has 2 fully saturated rings.